The lowest BCUT2D eigenvalue weighted by atomic mass is 10.0. The molecular formula is C11H21NS. The van der Waals surface area contributed by atoms with Crippen LogP contribution in [0.15, 0.2) is 0 Å². The van der Waals surface area contributed by atoms with Crippen molar-refractivity contribution in [3.8, 4) is 0 Å². The van der Waals surface area contributed by atoms with Crippen molar-refractivity contribution in [2.45, 2.75) is 56.9 Å². The van der Waals surface area contributed by atoms with E-state index in [1.807, 2.05) is 0 Å². The zero-order valence-electron chi connectivity index (χ0n) is 8.81. The molecule has 2 fully saturated rings. The summed E-state index contributed by atoms with van der Waals surface area (Å²) in [7, 11) is 0. The summed E-state index contributed by atoms with van der Waals surface area (Å²) in [5.74, 6) is 2.36. The average molecular weight is 199 g/mol. The van der Waals surface area contributed by atoms with Crippen molar-refractivity contribution in [2.24, 2.45) is 5.92 Å². The second kappa shape index (κ2) is 3.82. The van der Waals surface area contributed by atoms with Crippen LogP contribution in [-0.4, -0.2) is 16.7 Å². The Morgan fingerprint density at radius 1 is 1.46 bits per heavy atom. The van der Waals surface area contributed by atoms with Gasteiger partial charge in [0.15, 0.2) is 0 Å². The van der Waals surface area contributed by atoms with Gasteiger partial charge in [-0.25, -0.2) is 0 Å². The lowest BCUT2D eigenvalue weighted by Crippen LogP contribution is -2.48. The van der Waals surface area contributed by atoms with Gasteiger partial charge in [-0.3, -0.25) is 0 Å². The van der Waals surface area contributed by atoms with Crippen LogP contribution in [0, 0.1) is 5.92 Å². The smallest absolute Gasteiger partial charge is 0.0650 e. The summed E-state index contributed by atoms with van der Waals surface area (Å²) in [6.07, 6.45) is 6.99. The highest BCUT2D eigenvalue weighted by molar-refractivity contribution is 8.00. The van der Waals surface area contributed by atoms with Gasteiger partial charge in [0.05, 0.1) is 4.87 Å². The summed E-state index contributed by atoms with van der Waals surface area (Å²) in [6.45, 7) is 4.67. The van der Waals surface area contributed by atoms with Gasteiger partial charge in [0.25, 0.3) is 0 Å². The Morgan fingerprint density at radius 2 is 2.31 bits per heavy atom. The Morgan fingerprint density at radius 3 is 2.92 bits per heavy atom. The summed E-state index contributed by atoms with van der Waals surface area (Å²) < 4.78 is 0. The molecule has 1 aliphatic heterocycles. The lowest BCUT2D eigenvalue weighted by molar-refractivity contribution is 0.378. The van der Waals surface area contributed by atoms with Crippen molar-refractivity contribution in [2.75, 3.05) is 5.75 Å². The summed E-state index contributed by atoms with van der Waals surface area (Å²) in [6, 6.07) is 0.747. The highest BCUT2D eigenvalue weighted by Gasteiger charge is 2.41. The van der Waals surface area contributed by atoms with Gasteiger partial charge in [0.2, 0.25) is 0 Å². The number of hydrogen-bond acceptors (Lipinski definition) is 2. The van der Waals surface area contributed by atoms with E-state index in [2.05, 4.69) is 30.9 Å². The van der Waals surface area contributed by atoms with E-state index in [1.54, 1.807) is 0 Å². The molecule has 2 aliphatic rings. The zero-order valence-corrected chi connectivity index (χ0v) is 9.62. The minimum Gasteiger partial charge on any atom is -0.300 e. The van der Waals surface area contributed by atoms with Crippen molar-refractivity contribution in [1.29, 1.82) is 0 Å². The fourth-order valence-electron chi connectivity index (χ4n) is 2.71. The van der Waals surface area contributed by atoms with Crippen molar-refractivity contribution < 1.29 is 0 Å². The van der Waals surface area contributed by atoms with Crippen LogP contribution in [-0.2, 0) is 0 Å². The SMILES string of the molecule is CCC1CCC2(C1)NC(C)CCS2. The fourth-order valence-corrected chi connectivity index (χ4v) is 4.47. The van der Waals surface area contributed by atoms with Crippen LogP contribution < -0.4 is 5.32 Å². The van der Waals surface area contributed by atoms with Gasteiger partial charge < -0.3 is 5.32 Å². The maximum Gasteiger partial charge on any atom is 0.0650 e. The minimum atomic E-state index is 0.484. The van der Waals surface area contributed by atoms with Gasteiger partial charge in [0, 0.05) is 6.04 Å². The average Bonchev–Trinajstić information content (AvgIpc) is 2.48. The van der Waals surface area contributed by atoms with E-state index in [0.717, 1.165) is 12.0 Å². The third-order valence-electron chi connectivity index (χ3n) is 3.59. The van der Waals surface area contributed by atoms with Crippen molar-refractivity contribution in [3.63, 3.8) is 0 Å². The zero-order chi connectivity index (χ0) is 9.31. The van der Waals surface area contributed by atoms with E-state index in [4.69, 9.17) is 0 Å². The van der Waals surface area contributed by atoms with Crippen LogP contribution in [0.3, 0.4) is 0 Å². The molecule has 0 amide bonds. The van der Waals surface area contributed by atoms with E-state index >= 15 is 0 Å². The van der Waals surface area contributed by atoms with E-state index < -0.39 is 0 Å². The molecule has 2 rings (SSSR count). The van der Waals surface area contributed by atoms with Crippen LogP contribution in [0.5, 0.6) is 0 Å². The molecule has 0 bridgehead atoms. The van der Waals surface area contributed by atoms with E-state index in [0.29, 0.717) is 4.87 Å². The Balaban J connectivity index is 1.97. The van der Waals surface area contributed by atoms with Gasteiger partial charge >= 0.3 is 0 Å². The monoisotopic (exact) mass is 199 g/mol. The topological polar surface area (TPSA) is 12.0 Å². The van der Waals surface area contributed by atoms with Gasteiger partial charge in [-0.2, -0.15) is 0 Å². The maximum atomic E-state index is 3.82. The van der Waals surface area contributed by atoms with Crippen LogP contribution in [0.2, 0.25) is 0 Å². The van der Waals surface area contributed by atoms with Gasteiger partial charge in [-0.1, -0.05) is 13.3 Å². The van der Waals surface area contributed by atoms with Crippen molar-refractivity contribution >= 4 is 11.8 Å². The molecule has 0 radical (unpaired) electrons. The Bertz CT molecular complexity index is 183. The molecule has 0 aromatic heterocycles. The highest BCUT2D eigenvalue weighted by atomic mass is 32.2. The maximum absolute atomic E-state index is 3.82. The van der Waals surface area contributed by atoms with E-state index in [9.17, 15) is 0 Å². The fraction of sp³-hybridized carbons (Fsp3) is 1.00. The molecule has 1 N–H and O–H groups in total. The summed E-state index contributed by atoms with van der Waals surface area (Å²) in [5, 5.41) is 3.82. The summed E-state index contributed by atoms with van der Waals surface area (Å²) in [4.78, 5) is 0.484. The number of hydrogen-bond donors (Lipinski definition) is 1. The second-order valence-electron chi connectivity index (χ2n) is 4.69. The summed E-state index contributed by atoms with van der Waals surface area (Å²) in [5.41, 5.74) is 0. The van der Waals surface area contributed by atoms with E-state index in [-0.39, 0.29) is 0 Å². The molecule has 3 atom stereocenters. The number of rotatable bonds is 1. The Hall–Kier alpha value is 0.310. The first-order valence-corrected chi connectivity index (χ1v) is 6.64. The van der Waals surface area contributed by atoms with E-state index in [1.165, 1.54) is 37.9 Å². The molecule has 1 saturated heterocycles. The van der Waals surface area contributed by atoms with Crippen molar-refractivity contribution in [3.05, 3.63) is 0 Å². The summed E-state index contributed by atoms with van der Waals surface area (Å²) >= 11 is 2.18. The molecule has 76 valence electrons. The van der Waals surface area contributed by atoms with Crippen LogP contribution >= 0.6 is 11.8 Å². The highest BCUT2D eigenvalue weighted by Crippen LogP contribution is 2.46. The quantitative estimate of drug-likeness (QED) is 0.697. The molecule has 1 spiro atoms. The van der Waals surface area contributed by atoms with Crippen LogP contribution in [0.25, 0.3) is 0 Å². The standard InChI is InChI=1S/C11H21NS/c1-3-10-4-6-11(8-10)12-9(2)5-7-13-11/h9-10,12H,3-8H2,1-2H3. The lowest BCUT2D eigenvalue weighted by Gasteiger charge is -2.38. The van der Waals surface area contributed by atoms with Crippen molar-refractivity contribution in [1.82, 2.24) is 5.32 Å². The molecule has 0 aromatic carbocycles. The molecule has 0 aromatic rings. The molecule has 1 heterocycles. The predicted molar refractivity (Wildman–Crippen MR) is 60.0 cm³/mol. The normalized spacial score (nSPS) is 45.7. The molecule has 1 nitrogen and oxygen atoms in total. The number of thioether (sulfide) groups is 1. The number of nitrogens with one attached hydrogen (secondary N) is 1. The molecule has 1 saturated carbocycles. The minimum absolute atomic E-state index is 0.484. The first-order chi connectivity index (χ1) is 6.24. The first-order valence-electron chi connectivity index (χ1n) is 5.66. The van der Waals surface area contributed by atoms with Gasteiger partial charge in [0.1, 0.15) is 0 Å². The van der Waals surface area contributed by atoms with Gasteiger partial charge in [-0.15, -0.1) is 11.8 Å². The van der Waals surface area contributed by atoms with Gasteiger partial charge in [-0.05, 0) is 44.3 Å². The van der Waals surface area contributed by atoms with Crippen LogP contribution in [0.4, 0.5) is 0 Å². The largest absolute Gasteiger partial charge is 0.300 e. The molecule has 3 unspecified atom stereocenters. The molecular weight excluding hydrogens is 178 g/mol. The first kappa shape index (κ1) is 9.85. The Labute approximate surface area is 86.0 Å². The molecule has 2 heteroatoms. The third kappa shape index (κ3) is 2.04. The van der Waals surface area contributed by atoms with Crippen LogP contribution in [0.1, 0.15) is 46.0 Å². The molecule has 1 aliphatic carbocycles. The predicted octanol–water partition coefficient (Wildman–Crippen LogP) is 3.01. The third-order valence-corrected chi connectivity index (χ3v) is 5.07. The Kier molecular flexibility index (Phi) is 2.89. The second-order valence-corrected chi connectivity index (χ2v) is 6.17. The molecule has 13 heavy (non-hydrogen) atoms.